The maximum atomic E-state index is 12.0. The van der Waals surface area contributed by atoms with Crippen LogP contribution in [0.2, 0.25) is 0 Å². The van der Waals surface area contributed by atoms with Crippen LogP contribution in [0.15, 0.2) is 0 Å². The maximum absolute atomic E-state index is 12.0. The van der Waals surface area contributed by atoms with Gasteiger partial charge in [-0.15, -0.1) is 0 Å². The van der Waals surface area contributed by atoms with Gasteiger partial charge in [-0.2, -0.15) is 0 Å². The van der Waals surface area contributed by atoms with Gasteiger partial charge in [0.15, 0.2) is 0 Å². The number of hydrogen-bond acceptors (Lipinski definition) is 3. The molecule has 88 valence electrons. The summed E-state index contributed by atoms with van der Waals surface area (Å²) in [5.41, 5.74) is 5.73. The molecule has 0 aliphatic carbocycles. The second kappa shape index (κ2) is 4.49. The molecule has 0 spiro atoms. The zero-order valence-electron chi connectivity index (χ0n) is 10.3. The molecule has 0 aromatic rings. The SMILES string of the molecule is CN1CCCN(C(C)(C)C)C(CN)C1=O. The number of amides is 1. The summed E-state index contributed by atoms with van der Waals surface area (Å²) in [6, 6.07) is -0.155. The molecule has 1 rings (SSSR count). The van der Waals surface area contributed by atoms with E-state index in [9.17, 15) is 4.79 Å². The minimum Gasteiger partial charge on any atom is -0.344 e. The smallest absolute Gasteiger partial charge is 0.240 e. The molecule has 0 saturated carbocycles. The normalized spacial score (nSPS) is 25.5. The van der Waals surface area contributed by atoms with Gasteiger partial charge in [0.05, 0.1) is 0 Å². The summed E-state index contributed by atoms with van der Waals surface area (Å²) in [4.78, 5) is 16.1. The average molecular weight is 213 g/mol. The molecule has 0 aromatic heterocycles. The van der Waals surface area contributed by atoms with Crippen molar-refractivity contribution in [1.82, 2.24) is 9.80 Å². The van der Waals surface area contributed by atoms with E-state index >= 15 is 0 Å². The van der Waals surface area contributed by atoms with Crippen LogP contribution in [0.25, 0.3) is 0 Å². The van der Waals surface area contributed by atoms with Crippen molar-refractivity contribution in [2.45, 2.75) is 38.8 Å². The Morgan fingerprint density at radius 1 is 1.40 bits per heavy atom. The molecule has 1 aliphatic rings. The molecular weight excluding hydrogens is 190 g/mol. The molecule has 2 N–H and O–H groups in total. The molecule has 0 aromatic carbocycles. The summed E-state index contributed by atoms with van der Waals surface area (Å²) in [6.45, 7) is 8.58. The number of rotatable bonds is 1. The van der Waals surface area contributed by atoms with Gasteiger partial charge in [-0.3, -0.25) is 9.69 Å². The third-order valence-electron chi connectivity index (χ3n) is 3.01. The highest BCUT2D eigenvalue weighted by Crippen LogP contribution is 2.20. The van der Waals surface area contributed by atoms with Gasteiger partial charge in [-0.05, 0) is 27.2 Å². The lowest BCUT2D eigenvalue weighted by Crippen LogP contribution is -2.55. The molecule has 1 fully saturated rings. The standard InChI is InChI=1S/C11H23N3O/c1-11(2,3)14-7-5-6-13(4)10(15)9(14)8-12/h9H,5-8,12H2,1-4H3. The van der Waals surface area contributed by atoms with Crippen LogP contribution in [0.5, 0.6) is 0 Å². The van der Waals surface area contributed by atoms with E-state index in [2.05, 4.69) is 25.7 Å². The van der Waals surface area contributed by atoms with E-state index in [-0.39, 0.29) is 17.5 Å². The Morgan fingerprint density at radius 3 is 2.47 bits per heavy atom. The first-order valence-electron chi connectivity index (χ1n) is 5.59. The van der Waals surface area contributed by atoms with Gasteiger partial charge in [0.25, 0.3) is 0 Å². The summed E-state index contributed by atoms with van der Waals surface area (Å²) in [5.74, 6) is 0.157. The van der Waals surface area contributed by atoms with Crippen molar-refractivity contribution < 1.29 is 4.79 Å². The van der Waals surface area contributed by atoms with E-state index in [1.807, 2.05) is 7.05 Å². The van der Waals surface area contributed by atoms with Crippen LogP contribution in [0.3, 0.4) is 0 Å². The van der Waals surface area contributed by atoms with Gasteiger partial charge in [-0.1, -0.05) is 0 Å². The van der Waals surface area contributed by atoms with Crippen LogP contribution < -0.4 is 5.73 Å². The summed E-state index contributed by atoms with van der Waals surface area (Å²) >= 11 is 0. The molecule has 1 saturated heterocycles. The summed E-state index contributed by atoms with van der Waals surface area (Å²) in [7, 11) is 1.86. The third-order valence-corrected chi connectivity index (χ3v) is 3.01. The van der Waals surface area contributed by atoms with Crippen LogP contribution in [0.1, 0.15) is 27.2 Å². The van der Waals surface area contributed by atoms with Crippen LogP contribution in [-0.4, -0.2) is 54.0 Å². The first kappa shape index (κ1) is 12.5. The molecule has 4 nitrogen and oxygen atoms in total. The van der Waals surface area contributed by atoms with Gasteiger partial charge in [0.1, 0.15) is 6.04 Å². The minimum absolute atomic E-state index is 0.00484. The molecule has 15 heavy (non-hydrogen) atoms. The van der Waals surface area contributed by atoms with E-state index < -0.39 is 0 Å². The Bertz CT molecular complexity index is 234. The van der Waals surface area contributed by atoms with Gasteiger partial charge >= 0.3 is 0 Å². The Balaban J connectivity index is 2.90. The van der Waals surface area contributed by atoms with Crippen molar-refractivity contribution in [3.8, 4) is 0 Å². The molecule has 0 bridgehead atoms. The van der Waals surface area contributed by atoms with Crippen LogP contribution in [-0.2, 0) is 4.79 Å². The Morgan fingerprint density at radius 2 is 2.00 bits per heavy atom. The van der Waals surface area contributed by atoms with E-state index in [1.165, 1.54) is 0 Å². The fourth-order valence-corrected chi connectivity index (χ4v) is 2.16. The number of hydrogen-bond donors (Lipinski definition) is 1. The van der Waals surface area contributed by atoms with E-state index in [0.29, 0.717) is 6.54 Å². The monoisotopic (exact) mass is 213 g/mol. The van der Waals surface area contributed by atoms with Crippen molar-refractivity contribution >= 4 is 5.91 Å². The van der Waals surface area contributed by atoms with Crippen molar-refractivity contribution in [1.29, 1.82) is 0 Å². The van der Waals surface area contributed by atoms with Crippen LogP contribution in [0, 0.1) is 0 Å². The topological polar surface area (TPSA) is 49.6 Å². The lowest BCUT2D eigenvalue weighted by molar-refractivity contribution is -0.135. The lowest BCUT2D eigenvalue weighted by atomic mass is 10.0. The van der Waals surface area contributed by atoms with Crippen molar-refractivity contribution in [3.63, 3.8) is 0 Å². The van der Waals surface area contributed by atoms with Gasteiger partial charge in [-0.25, -0.2) is 0 Å². The predicted molar refractivity (Wildman–Crippen MR) is 61.6 cm³/mol. The molecular formula is C11H23N3O. The number of nitrogens with zero attached hydrogens (tertiary/aromatic N) is 2. The number of carbonyl (C=O) groups excluding carboxylic acids is 1. The lowest BCUT2D eigenvalue weighted by Gasteiger charge is -2.39. The number of likely N-dealkylation sites (N-methyl/N-ethyl adjacent to an activating group) is 1. The first-order valence-corrected chi connectivity index (χ1v) is 5.59. The fraction of sp³-hybridized carbons (Fsp3) is 0.909. The van der Waals surface area contributed by atoms with E-state index in [0.717, 1.165) is 19.5 Å². The highest BCUT2D eigenvalue weighted by molar-refractivity contribution is 5.82. The Kier molecular flexibility index (Phi) is 3.73. The molecule has 1 atom stereocenters. The van der Waals surface area contributed by atoms with Gasteiger partial charge < -0.3 is 10.6 Å². The summed E-state index contributed by atoms with van der Waals surface area (Å²) < 4.78 is 0. The first-order chi connectivity index (χ1) is 6.88. The van der Waals surface area contributed by atoms with Crippen molar-refractivity contribution in [3.05, 3.63) is 0 Å². The number of nitrogens with two attached hydrogens (primary N) is 1. The van der Waals surface area contributed by atoms with Crippen molar-refractivity contribution in [2.24, 2.45) is 5.73 Å². The molecule has 0 radical (unpaired) electrons. The molecule has 1 unspecified atom stereocenters. The van der Waals surface area contributed by atoms with Gasteiger partial charge in [0.2, 0.25) is 5.91 Å². The second-order valence-corrected chi connectivity index (χ2v) is 5.23. The number of carbonyl (C=O) groups is 1. The Hall–Kier alpha value is -0.610. The molecule has 1 amide bonds. The quantitative estimate of drug-likeness (QED) is 0.680. The van der Waals surface area contributed by atoms with Crippen LogP contribution in [0.4, 0.5) is 0 Å². The zero-order valence-corrected chi connectivity index (χ0v) is 10.3. The molecule has 4 heteroatoms. The fourth-order valence-electron chi connectivity index (χ4n) is 2.16. The summed E-state index contributed by atoms with van der Waals surface area (Å²) in [6.07, 6.45) is 1.02. The second-order valence-electron chi connectivity index (χ2n) is 5.23. The zero-order chi connectivity index (χ0) is 11.6. The van der Waals surface area contributed by atoms with Gasteiger partial charge in [0, 0.05) is 32.2 Å². The predicted octanol–water partition coefficient (Wildman–Crippen LogP) is 0.276. The summed E-state index contributed by atoms with van der Waals surface area (Å²) in [5, 5.41) is 0. The largest absolute Gasteiger partial charge is 0.344 e. The molecule has 1 heterocycles. The molecule has 1 aliphatic heterocycles. The maximum Gasteiger partial charge on any atom is 0.240 e. The third kappa shape index (κ3) is 2.69. The average Bonchev–Trinajstić information content (AvgIpc) is 2.26. The Labute approximate surface area is 92.4 Å². The van der Waals surface area contributed by atoms with Crippen LogP contribution >= 0.6 is 0 Å². The highest BCUT2D eigenvalue weighted by Gasteiger charge is 2.35. The van der Waals surface area contributed by atoms with E-state index in [4.69, 9.17) is 5.73 Å². The van der Waals surface area contributed by atoms with Crippen molar-refractivity contribution in [2.75, 3.05) is 26.7 Å². The highest BCUT2D eigenvalue weighted by atomic mass is 16.2. The van der Waals surface area contributed by atoms with E-state index in [1.54, 1.807) is 4.90 Å². The minimum atomic E-state index is -0.155.